The normalized spacial score (nSPS) is 17.4. The summed E-state index contributed by atoms with van der Waals surface area (Å²) >= 11 is 0. The molecule has 1 aromatic carbocycles. The number of oxime groups is 1. The molecule has 108 valence electrons. The van der Waals surface area contributed by atoms with Crippen molar-refractivity contribution >= 4 is 17.4 Å². The van der Waals surface area contributed by atoms with E-state index in [0.717, 1.165) is 28.8 Å². The van der Waals surface area contributed by atoms with E-state index in [2.05, 4.69) is 10.5 Å². The summed E-state index contributed by atoms with van der Waals surface area (Å²) in [6.07, 6.45) is 2.16. The summed E-state index contributed by atoms with van der Waals surface area (Å²) in [5, 5.41) is 14.9. The molecule has 0 spiro atoms. The molecule has 1 aliphatic rings. The number of amidine groups is 1. The molecule has 0 aliphatic heterocycles. The Hall–Kier alpha value is -2.04. The Morgan fingerprint density at radius 2 is 1.85 bits per heavy atom. The number of benzene rings is 1. The first-order valence-corrected chi connectivity index (χ1v) is 6.78. The molecule has 2 rings (SSSR count). The Morgan fingerprint density at radius 3 is 2.25 bits per heavy atom. The molecule has 1 amide bonds. The lowest BCUT2D eigenvalue weighted by atomic mass is 9.67. The van der Waals surface area contributed by atoms with Gasteiger partial charge in [0, 0.05) is 5.69 Å². The van der Waals surface area contributed by atoms with Gasteiger partial charge in [0.1, 0.15) is 5.41 Å². The zero-order valence-corrected chi connectivity index (χ0v) is 12.2. The van der Waals surface area contributed by atoms with E-state index < -0.39 is 5.41 Å². The van der Waals surface area contributed by atoms with Crippen molar-refractivity contribution in [2.75, 3.05) is 5.32 Å². The molecule has 5 heteroatoms. The van der Waals surface area contributed by atoms with Crippen molar-refractivity contribution in [3.05, 3.63) is 28.8 Å². The molecule has 0 saturated heterocycles. The number of hydrogen-bond donors (Lipinski definition) is 3. The lowest BCUT2D eigenvalue weighted by molar-refractivity contribution is -0.125. The standard InChI is InChI=1S/C15H21N3O2/c1-9-7-10(2)12(11(3)8-9)17-14(19)15(5-4-6-15)13(16)18-20/h7-8,20H,4-6H2,1-3H3,(H2,16,18)(H,17,19). The first kappa shape index (κ1) is 14.4. The molecule has 4 N–H and O–H groups in total. The second kappa shape index (κ2) is 5.15. The monoisotopic (exact) mass is 275 g/mol. The molecule has 1 saturated carbocycles. The third-order valence-electron chi connectivity index (χ3n) is 4.16. The summed E-state index contributed by atoms with van der Waals surface area (Å²) < 4.78 is 0. The third kappa shape index (κ3) is 2.24. The molecule has 0 radical (unpaired) electrons. The molecule has 20 heavy (non-hydrogen) atoms. The van der Waals surface area contributed by atoms with Gasteiger partial charge in [-0.1, -0.05) is 29.3 Å². The van der Waals surface area contributed by atoms with Crippen LogP contribution in [0.1, 0.15) is 36.0 Å². The van der Waals surface area contributed by atoms with Crippen LogP contribution in [-0.2, 0) is 4.79 Å². The maximum atomic E-state index is 12.5. The van der Waals surface area contributed by atoms with Gasteiger partial charge in [0.15, 0.2) is 5.84 Å². The van der Waals surface area contributed by atoms with E-state index in [1.165, 1.54) is 0 Å². The maximum Gasteiger partial charge on any atom is 0.238 e. The van der Waals surface area contributed by atoms with E-state index in [1.54, 1.807) is 0 Å². The van der Waals surface area contributed by atoms with Crippen LogP contribution in [0.5, 0.6) is 0 Å². The van der Waals surface area contributed by atoms with E-state index in [1.807, 2.05) is 32.9 Å². The van der Waals surface area contributed by atoms with Crippen LogP contribution >= 0.6 is 0 Å². The average molecular weight is 275 g/mol. The number of nitrogens with two attached hydrogens (primary N) is 1. The molecular weight excluding hydrogens is 254 g/mol. The minimum absolute atomic E-state index is 0.00340. The van der Waals surface area contributed by atoms with Gasteiger partial charge in [-0.15, -0.1) is 0 Å². The number of carbonyl (C=O) groups excluding carboxylic acids is 1. The summed E-state index contributed by atoms with van der Waals surface area (Å²) in [5.41, 5.74) is 8.87. The van der Waals surface area contributed by atoms with E-state index in [4.69, 9.17) is 10.9 Å². The highest BCUT2D eigenvalue weighted by molar-refractivity contribution is 6.13. The fourth-order valence-electron chi connectivity index (χ4n) is 2.84. The van der Waals surface area contributed by atoms with E-state index in [-0.39, 0.29) is 11.7 Å². The lowest BCUT2D eigenvalue weighted by Crippen LogP contribution is -2.51. The second-order valence-electron chi connectivity index (χ2n) is 5.65. The fourth-order valence-corrected chi connectivity index (χ4v) is 2.84. The first-order chi connectivity index (χ1) is 9.40. The minimum Gasteiger partial charge on any atom is -0.409 e. The summed E-state index contributed by atoms with van der Waals surface area (Å²) in [6, 6.07) is 4.05. The van der Waals surface area contributed by atoms with Crippen LogP contribution in [0.25, 0.3) is 0 Å². The number of rotatable bonds is 3. The summed E-state index contributed by atoms with van der Waals surface area (Å²) in [7, 11) is 0. The van der Waals surface area contributed by atoms with Crippen LogP contribution in [0.2, 0.25) is 0 Å². The quantitative estimate of drug-likeness (QED) is 0.343. The van der Waals surface area contributed by atoms with Gasteiger partial charge in [-0.05, 0) is 44.7 Å². The van der Waals surface area contributed by atoms with Crippen molar-refractivity contribution in [3.8, 4) is 0 Å². The molecule has 1 fully saturated rings. The Labute approximate surface area is 118 Å². The van der Waals surface area contributed by atoms with Crippen LogP contribution in [0.3, 0.4) is 0 Å². The lowest BCUT2D eigenvalue weighted by Gasteiger charge is -2.38. The van der Waals surface area contributed by atoms with Crippen molar-refractivity contribution in [3.63, 3.8) is 0 Å². The van der Waals surface area contributed by atoms with Crippen molar-refractivity contribution < 1.29 is 10.0 Å². The van der Waals surface area contributed by atoms with Crippen LogP contribution < -0.4 is 11.1 Å². The van der Waals surface area contributed by atoms with Crippen LogP contribution in [-0.4, -0.2) is 17.0 Å². The zero-order chi connectivity index (χ0) is 14.9. The smallest absolute Gasteiger partial charge is 0.238 e. The number of aryl methyl sites for hydroxylation is 3. The predicted molar refractivity (Wildman–Crippen MR) is 79.0 cm³/mol. The van der Waals surface area contributed by atoms with Gasteiger partial charge in [-0.25, -0.2) is 0 Å². The van der Waals surface area contributed by atoms with Gasteiger partial charge in [0.25, 0.3) is 0 Å². The Balaban J connectivity index is 2.29. The van der Waals surface area contributed by atoms with E-state index >= 15 is 0 Å². The van der Waals surface area contributed by atoms with Gasteiger partial charge in [-0.2, -0.15) is 0 Å². The molecule has 0 aromatic heterocycles. The summed E-state index contributed by atoms with van der Waals surface area (Å²) in [6.45, 7) is 5.95. The summed E-state index contributed by atoms with van der Waals surface area (Å²) in [4.78, 5) is 12.5. The van der Waals surface area contributed by atoms with Gasteiger partial charge in [-0.3, -0.25) is 4.79 Å². The van der Waals surface area contributed by atoms with Gasteiger partial charge in [0.05, 0.1) is 0 Å². The Kier molecular flexibility index (Phi) is 3.70. The van der Waals surface area contributed by atoms with E-state index in [0.29, 0.717) is 12.8 Å². The van der Waals surface area contributed by atoms with Gasteiger partial charge >= 0.3 is 0 Å². The Bertz CT molecular complexity index is 551. The van der Waals surface area contributed by atoms with Gasteiger partial charge in [0.2, 0.25) is 5.91 Å². The molecule has 0 bridgehead atoms. The van der Waals surface area contributed by atoms with Crippen molar-refractivity contribution in [2.24, 2.45) is 16.3 Å². The zero-order valence-electron chi connectivity index (χ0n) is 12.2. The fraction of sp³-hybridized carbons (Fsp3) is 0.467. The molecule has 5 nitrogen and oxygen atoms in total. The molecule has 0 heterocycles. The number of anilines is 1. The highest BCUT2D eigenvalue weighted by atomic mass is 16.4. The predicted octanol–water partition coefficient (Wildman–Crippen LogP) is 2.47. The molecule has 0 atom stereocenters. The maximum absolute atomic E-state index is 12.5. The number of carbonyl (C=O) groups is 1. The number of nitrogens with zero attached hydrogens (tertiary/aromatic N) is 1. The molecule has 1 aliphatic carbocycles. The molecular formula is C15H21N3O2. The first-order valence-electron chi connectivity index (χ1n) is 6.78. The minimum atomic E-state index is -0.849. The van der Waals surface area contributed by atoms with Crippen molar-refractivity contribution in [2.45, 2.75) is 40.0 Å². The molecule has 1 aromatic rings. The molecule has 0 unspecified atom stereocenters. The third-order valence-corrected chi connectivity index (χ3v) is 4.16. The average Bonchev–Trinajstić information content (AvgIpc) is 2.32. The van der Waals surface area contributed by atoms with Crippen LogP contribution in [0, 0.1) is 26.2 Å². The number of nitrogens with one attached hydrogen (secondary N) is 1. The summed E-state index contributed by atoms with van der Waals surface area (Å²) in [5.74, 6) is -0.183. The second-order valence-corrected chi connectivity index (χ2v) is 5.65. The highest BCUT2D eigenvalue weighted by Crippen LogP contribution is 2.42. The topological polar surface area (TPSA) is 87.7 Å². The largest absolute Gasteiger partial charge is 0.409 e. The Morgan fingerprint density at radius 1 is 1.30 bits per heavy atom. The number of hydrogen-bond acceptors (Lipinski definition) is 3. The number of amides is 1. The van der Waals surface area contributed by atoms with E-state index in [9.17, 15) is 4.79 Å². The van der Waals surface area contributed by atoms with Crippen molar-refractivity contribution in [1.29, 1.82) is 0 Å². The SMILES string of the molecule is Cc1cc(C)c(NC(=O)C2(/C(N)=N/O)CCC2)c(C)c1. The van der Waals surface area contributed by atoms with Crippen LogP contribution in [0.15, 0.2) is 17.3 Å². The van der Waals surface area contributed by atoms with Crippen molar-refractivity contribution in [1.82, 2.24) is 0 Å². The van der Waals surface area contributed by atoms with Crippen LogP contribution in [0.4, 0.5) is 5.69 Å². The highest BCUT2D eigenvalue weighted by Gasteiger charge is 2.48. The van der Waals surface area contributed by atoms with Gasteiger partial charge < -0.3 is 16.3 Å².